The summed E-state index contributed by atoms with van der Waals surface area (Å²) in [7, 11) is 0. The second kappa shape index (κ2) is 8.46. The van der Waals surface area contributed by atoms with E-state index in [1.54, 1.807) is 24.3 Å². The molecule has 0 fully saturated rings. The molecule has 28 heavy (non-hydrogen) atoms. The van der Waals surface area contributed by atoms with Crippen molar-refractivity contribution in [2.24, 2.45) is 0 Å². The summed E-state index contributed by atoms with van der Waals surface area (Å²) in [6, 6.07) is 21.0. The van der Waals surface area contributed by atoms with E-state index in [0.717, 1.165) is 33.7 Å². The molecule has 0 aliphatic heterocycles. The maximum absolute atomic E-state index is 12.1. The van der Waals surface area contributed by atoms with E-state index in [0.29, 0.717) is 16.1 Å². The Morgan fingerprint density at radius 1 is 1.00 bits per heavy atom. The second-order valence-corrected chi connectivity index (χ2v) is 7.33. The molecule has 0 N–H and O–H groups in total. The number of hydrogen-bond acceptors (Lipinski definition) is 6. The van der Waals surface area contributed by atoms with Crippen LogP contribution in [0.15, 0.2) is 76.4 Å². The molecule has 0 aliphatic carbocycles. The second-order valence-electron chi connectivity index (χ2n) is 5.97. The van der Waals surface area contributed by atoms with E-state index in [1.165, 1.54) is 0 Å². The lowest BCUT2D eigenvalue weighted by atomic mass is 10.1. The number of nitrogens with zero attached hydrogens (tertiary/aromatic N) is 2. The lowest BCUT2D eigenvalue weighted by molar-refractivity contribution is -0.141. The first kappa shape index (κ1) is 18.5. The van der Waals surface area contributed by atoms with Gasteiger partial charge in [-0.05, 0) is 40.6 Å². The van der Waals surface area contributed by atoms with Gasteiger partial charge in [0.1, 0.15) is 12.4 Å². The Labute approximate surface area is 170 Å². The Morgan fingerprint density at radius 2 is 1.79 bits per heavy atom. The van der Waals surface area contributed by atoms with Crippen LogP contribution in [0.3, 0.4) is 0 Å². The molecule has 0 amide bonds. The van der Waals surface area contributed by atoms with E-state index in [4.69, 9.17) is 20.8 Å². The standard InChI is InChI=1S/C21H15ClN2O3S/c22-17-10-8-15(9-11-17)20-23-24-21(27-20)28-13-19(25)26-12-16-6-3-5-14-4-1-2-7-18(14)16/h1-11H,12-13H2. The highest BCUT2D eigenvalue weighted by Gasteiger charge is 2.12. The van der Waals surface area contributed by atoms with Crippen LogP contribution >= 0.6 is 23.4 Å². The van der Waals surface area contributed by atoms with E-state index in [1.807, 2.05) is 42.5 Å². The molecular formula is C21H15ClN2O3S. The van der Waals surface area contributed by atoms with Gasteiger partial charge in [0.2, 0.25) is 5.89 Å². The Bertz CT molecular complexity index is 1110. The highest BCUT2D eigenvalue weighted by Crippen LogP contribution is 2.25. The van der Waals surface area contributed by atoms with Crippen molar-refractivity contribution in [3.05, 3.63) is 77.3 Å². The van der Waals surface area contributed by atoms with Crippen molar-refractivity contribution in [1.82, 2.24) is 10.2 Å². The highest BCUT2D eigenvalue weighted by molar-refractivity contribution is 7.99. The Kier molecular flexibility index (Phi) is 5.60. The van der Waals surface area contributed by atoms with Gasteiger partial charge in [0, 0.05) is 10.6 Å². The summed E-state index contributed by atoms with van der Waals surface area (Å²) < 4.78 is 11.0. The average Bonchev–Trinajstić information content (AvgIpc) is 3.20. The maximum atomic E-state index is 12.1. The van der Waals surface area contributed by atoms with E-state index >= 15 is 0 Å². The lowest BCUT2D eigenvalue weighted by Gasteiger charge is -2.07. The van der Waals surface area contributed by atoms with Crippen LogP contribution in [-0.4, -0.2) is 21.9 Å². The van der Waals surface area contributed by atoms with Gasteiger partial charge < -0.3 is 9.15 Å². The van der Waals surface area contributed by atoms with E-state index in [2.05, 4.69) is 10.2 Å². The van der Waals surface area contributed by atoms with E-state index < -0.39 is 0 Å². The molecule has 5 nitrogen and oxygen atoms in total. The van der Waals surface area contributed by atoms with Gasteiger partial charge >= 0.3 is 5.97 Å². The van der Waals surface area contributed by atoms with Gasteiger partial charge in [-0.3, -0.25) is 4.79 Å². The Morgan fingerprint density at radius 3 is 2.64 bits per heavy atom. The number of fused-ring (bicyclic) bond motifs is 1. The minimum atomic E-state index is -0.343. The molecule has 0 bridgehead atoms. The first-order chi connectivity index (χ1) is 13.7. The quantitative estimate of drug-likeness (QED) is 0.314. The smallest absolute Gasteiger partial charge is 0.316 e. The Hall–Kier alpha value is -2.83. The first-order valence-corrected chi connectivity index (χ1v) is 9.90. The van der Waals surface area contributed by atoms with Crippen LogP contribution in [0, 0.1) is 0 Å². The summed E-state index contributed by atoms with van der Waals surface area (Å²) in [6.07, 6.45) is 0. The Balaban J connectivity index is 1.33. The van der Waals surface area contributed by atoms with Gasteiger partial charge in [-0.15, -0.1) is 10.2 Å². The van der Waals surface area contributed by atoms with Gasteiger partial charge in [-0.25, -0.2) is 0 Å². The van der Waals surface area contributed by atoms with Crippen LogP contribution < -0.4 is 0 Å². The molecule has 0 aliphatic rings. The summed E-state index contributed by atoms with van der Waals surface area (Å²) in [5.41, 5.74) is 1.74. The highest BCUT2D eigenvalue weighted by atomic mass is 35.5. The number of aromatic nitrogens is 2. The third kappa shape index (κ3) is 4.35. The zero-order valence-corrected chi connectivity index (χ0v) is 16.2. The van der Waals surface area contributed by atoms with Crippen LogP contribution in [0.4, 0.5) is 0 Å². The van der Waals surface area contributed by atoms with Crippen molar-refractivity contribution in [2.75, 3.05) is 5.75 Å². The van der Waals surface area contributed by atoms with Crippen molar-refractivity contribution in [3.63, 3.8) is 0 Å². The predicted octanol–water partition coefficient (Wildman–Crippen LogP) is 5.38. The number of carbonyl (C=O) groups excluding carboxylic acids is 1. The van der Waals surface area contributed by atoms with Crippen molar-refractivity contribution in [2.45, 2.75) is 11.8 Å². The van der Waals surface area contributed by atoms with Gasteiger partial charge in [0.15, 0.2) is 0 Å². The minimum Gasteiger partial charge on any atom is -0.460 e. The van der Waals surface area contributed by atoms with Gasteiger partial charge in [0.05, 0.1) is 0 Å². The van der Waals surface area contributed by atoms with Crippen molar-refractivity contribution >= 4 is 40.1 Å². The van der Waals surface area contributed by atoms with Crippen LogP contribution in [0.1, 0.15) is 5.56 Å². The zero-order chi connectivity index (χ0) is 19.3. The van der Waals surface area contributed by atoms with Gasteiger partial charge in [0.25, 0.3) is 5.22 Å². The number of thioether (sulfide) groups is 1. The fourth-order valence-corrected chi connectivity index (χ4v) is 3.40. The fourth-order valence-electron chi connectivity index (χ4n) is 2.72. The number of benzene rings is 3. The predicted molar refractivity (Wildman–Crippen MR) is 109 cm³/mol. The normalized spacial score (nSPS) is 10.9. The first-order valence-electron chi connectivity index (χ1n) is 8.53. The molecule has 4 rings (SSSR count). The number of rotatable bonds is 6. The number of ether oxygens (including phenoxy) is 1. The SMILES string of the molecule is O=C(CSc1nnc(-c2ccc(Cl)cc2)o1)OCc1cccc2ccccc12. The molecule has 3 aromatic carbocycles. The summed E-state index contributed by atoms with van der Waals surface area (Å²) >= 11 is 7.02. The van der Waals surface area contributed by atoms with Crippen molar-refractivity contribution in [1.29, 1.82) is 0 Å². The van der Waals surface area contributed by atoms with Crippen LogP contribution in [0.2, 0.25) is 5.02 Å². The van der Waals surface area contributed by atoms with Crippen molar-refractivity contribution < 1.29 is 13.9 Å². The van der Waals surface area contributed by atoms with Crippen LogP contribution in [-0.2, 0) is 16.1 Å². The average molecular weight is 411 g/mol. The molecule has 1 heterocycles. The minimum absolute atomic E-state index is 0.0903. The lowest BCUT2D eigenvalue weighted by Crippen LogP contribution is -2.07. The van der Waals surface area contributed by atoms with E-state index in [9.17, 15) is 4.79 Å². The largest absolute Gasteiger partial charge is 0.460 e. The molecule has 7 heteroatoms. The molecule has 0 saturated carbocycles. The summed E-state index contributed by atoms with van der Waals surface area (Å²) in [5, 5.41) is 11.1. The maximum Gasteiger partial charge on any atom is 0.316 e. The topological polar surface area (TPSA) is 65.2 Å². The number of carbonyl (C=O) groups is 1. The van der Waals surface area contributed by atoms with Crippen LogP contribution in [0.5, 0.6) is 0 Å². The molecule has 1 aromatic heterocycles. The van der Waals surface area contributed by atoms with Crippen molar-refractivity contribution in [3.8, 4) is 11.5 Å². The third-order valence-electron chi connectivity index (χ3n) is 4.08. The number of esters is 1. The number of halogens is 1. The molecular weight excluding hydrogens is 396 g/mol. The third-order valence-corrected chi connectivity index (χ3v) is 5.12. The molecule has 0 radical (unpaired) electrons. The molecule has 140 valence electrons. The van der Waals surface area contributed by atoms with E-state index in [-0.39, 0.29) is 18.3 Å². The van der Waals surface area contributed by atoms with Gasteiger partial charge in [-0.1, -0.05) is 65.8 Å². The monoisotopic (exact) mass is 410 g/mol. The summed E-state index contributed by atoms with van der Waals surface area (Å²) in [5.74, 6) is 0.125. The molecule has 0 saturated heterocycles. The molecule has 0 spiro atoms. The summed E-state index contributed by atoms with van der Waals surface area (Å²) in [4.78, 5) is 12.1. The molecule has 0 unspecified atom stereocenters. The molecule has 4 aromatic rings. The van der Waals surface area contributed by atoms with Gasteiger partial charge in [-0.2, -0.15) is 0 Å². The number of hydrogen-bond donors (Lipinski definition) is 0. The zero-order valence-electron chi connectivity index (χ0n) is 14.7. The summed E-state index contributed by atoms with van der Waals surface area (Å²) in [6.45, 7) is 0.223. The molecule has 0 atom stereocenters. The van der Waals surface area contributed by atoms with Crippen LogP contribution in [0.25, 0.3) is 22.2 Å². The fraction of sp³-hybridized carbons (Fsp3) is 0.0952.